The first-order chi connectivity index (χ1) is 15.3. The van der Waals surface area contributed by atoms with Gasteiger partial charge in [-0.3, -0.25) is 9.10 Å². The molecule has 0 bridgehead atoms. The van der Waals surface area contributed by atoms with Gasteiger partial charge in [-0.25, -0.2) is 8.42 Å². The molecule has 1 atom stereocenters. The number of carbonyl (C=O) groups is 1. The van der Waals surface area contributed by atoms with E-state index in [-0.39, 0.29) is 10.8 Å². The highest BCUT2D eigenvalue weighted by molar-refractivity contribution is 7.92. The largest absolute Gasteiger partial charge is 0.352 e. The molecule has 32 heavy (non-hydrogen) atoms. The first-order valence-electron chi connectivity index (χ1n) is 11.2. The fourth-order valence-corrected chi connectivity index (χ4v) is 5.42. The van der Waals surface area contributed by atoms with Crippen molar-refractivity contribution in [2.75, 3.05) is 31.0 Å². The van der Waals surface area contributed by atoms with Crippen molar-refractivity contribution in [1.29, 1.82) is 0 Å². The normalized spacial score (nSPS) is 17.2. The molecule has 0 aromatic heterocycles. The van der Waals surface area contributed by atoms with E-state index in [2.05, 4.69) is 17.1 Å². The van der Waals surface area contributed by atoms with Gasteiger partial charge in [-0.15, -0.1) is 0 Å². The number of anilines is 1. The summed E-state index contributed by atoms with van der Waals surface area (Å²) in [7, 11) is -2.35. The Morgan fingerprint density at radius 2 is 1.94 bits per heavy atom. The quantitative estimate of drug-likeness (QED) is 0.538. The Kier molecular flexibility index (Phi) is 8.57. The SMILES string of the molecule is CC1CCCCN1CCCCNC(=O)c1cccc(S(=O)(=O)N(C)c2cccc(Cl)c2)c1. The van der Waals surface area contributed by atoms with Crippen LogP contribution in [0, 0.1) is 0 Å². The van der Waals surface area contributed by atoms with E-state index in [1.54, 1.807) is 36.4 Å². The molecule has 3 rings (SSSR count). The minimum absolute atomic E-state index is 0.0618. The summed E-state index contributed by atoms with van der Waals surface area (Å²) in [6, 6.07) is 13.4. The van der Waals surface area contributed by atoms with Crippen LogP contribution in [0.25, 0.3) is 0 Å². The Morgan fingerprint density at radius 3 is 2.69 bits per heavy atom. The van der Waals surface area contributed by atoms with Gasteiger partial charge >= 0.3 is 0 Å². The molecule has 0 spiro atoms. The highest BCUT2D eigenvalue weighted by atomic mass is 35.5. The molecule has 174 valence electrons. The molecule has 1 amide bonds. The third-order valence-corrected chi connectivity index (χ3v) is 8.04. The molecule has 0 aliphatic carbocycles. The summed E-state index contributed by atoms with van der Waals surface area (Å²) in [5.74, 6) is -0.265. The van der Waals surface area contributed by atoms with Crippen molar-refractivity contribution in [3.63, 3.8) is 0 Å². The molecule has 1 heterocycles. The average molecular weight is 478 g/mol. The summed E-state index contributed by atoms with van der Waals surface area (Å²) >= 11 is 6.00. The topological polar surface area (TPSA) is 69.7 Å². The van der Waals surface area contributed by atoms with Crippen molar-refractivity contribution >= 4 is 33.2 Å². The van der Waals surface area contributed by atoms with E-state index in [0.717, 1.165) is 23.7 Å². The average Bonchev–Trinajstić information content (AvgIpc) is 2.79. The molecule has 0 saturated carbocycles. The van der Waals surface area contributed by atoms with Gasteiger partial charge in [0.1, 0.15) is 0 Å². The molecule has 1 unspecified atom stereocenters. The Hall–Kier alpha value is -2.09. The number of halogens is 1. The maximum atomic E-state index is 13.0. The van der Waals surface area contributed by atoms with Crippen LogP contribution in [0.4, 0.5) is 5.69 Å². The molecular weight excluding hydrogens is 446 g/mol. The smallest absolute Gasteiger partial charge is 0.264 e. The Balaban J connectivity index is 1.56. The number of carbonyl (C=O) groups excluding carboxylic acids is 1. The second-order valence-corrected chi connectivity index (χ2v) is 10.7. The van der Waals surface area contributed by atoms with Crippen molar-refractivity contribution < 1.29 is 13.2 Å². The van der Waals surface area contributed by atoms with Crippen molar-refractivity contribution in [3.05, 3.63) is 59.1 Å². The van der Waals surface area contributed by atoms with E-state index >= 15 is 0 Å². The van der Waals surface area contributed by atoms with Gasteiger partial charge in [0, 0.05) is 30.2 Å². The van der Waals surface area contributed by atoms with Gasteiger partial charge in [0.25, 0.3) is 15.9 Å². The predicted octanol–water partition coefficient (Wildman–Crippen LogP) is 4.55. The Labute approximate surface area is 196 Å². The van der Waals surface area contributed by atoms with E-state index in [1.165, 1.54) is 45.0 Å². The van der Waals surface area contributed by atoms with Crippen LogP contribution in [0.5, 0.6) is 0 Å². The first kappa shape index (κ1) is 24.6. The predicted molar refractivity (Wildman–Crippen MR) is 130 cm³/mol. The first-order valence-corrected chi connectivity index (χ1v) is 13.0. The van der Waals surface area contributed by atoms with Crippen LogP contribution in [0.1, 0.15) is 49.4 Å². The fraction of sp³-hybridized carbons (Fsp3) is 0.458. The van der Waals surface area contributed by atoms with Crippen LogP contribution >= 0.6 is 11.6 Å². The monoisotopic (exact) mass is 477 g/mol. The second kappa shape index (κ2) is 11.2. The molecule has 6 nitrogen and oxygen atoms in total. The van der Waals surface area contributed by atoms with Gasteiger partial charge in [-0.1, -0.05) is 30.2 Å². The van der Waals surface area contributed by atoms with Crippen LogP contribution in [0.3, 0.4) is 0 Å². The number of nitrogens with zero attached hydrogens (tertiary/aromatic N) is 2. The van der Waals surface area contributed by atoms with Gasteiger partial charge in [-0.2, -0.15) is 0 Å². The lowest BCUT2D eigenvalue weighted by molar-refractivity contribution is 0.0951. The number of amides is 1. The minimum Gasteiger partial charge on any atom is -0.352 e. The molecule has 1 aliphatic rings. The van der Waals surface area contributed by atoms with Crippen LogP contribution in [0.15, 0.2) is 53.4 Å². The molecule has 1 saturated heterocycles. The van der Waals surface area contributed by atoms with Crippen LogP contribution in [-0.2, 0) is 10.0 Å². The second-order valence-electron chi connectivity index (χ2n) is 8.32. The zero-order valence-corrected chi connectivity index (χ0v) is 20.3. The fourth-order valence-electron chi connectivity index (χ4n) is 4.00. The van der Waals surface area contributed by atoms with Crippen molar-refractivity contribution in [2.24, 2.45) is 0 Å². The lowest BCUT2D eigenvalue weighted by Crippen LogP contribution is -2.38. The number of piperidine rings is 1. The molecule has 1 fully saturated rings. The van der Waals surface area contributed by atoms with Crippen molar-refractivity contribution in [2.45, 2.75) is 50.0 Å². The van der Waals surface area contributed by atoms with Gasteiger partial charge in [0.2, 0.25) is 0 Å². The minimum atomic E-state index is -3.82. The number of unbranched alkanes of at least 4 members (excludes halogenated alkanes) is 1. The molecule has 2 aromatic carbocycles. The maximum absolute atomic E-state index is 13.0. The summed E-state index contributed by atoms with van der Waals surface area (Å²) in [6.45, 7) is 5.07. The molecule has 2 aromatic rings. The molecule has 1 aliphatic heterocycles. The van der Waals surface area contributed by atoms with Gasteiger partial charge < -0.3 is 10.2 Å². The highest BCUT2D eigenvalue weighted by Gasteiger charge is 2.23. The number of benzene rings is 2. The molecular formula is C24H32ClN3O3S. The van der Waals surface area contributed by atoms with Crippen LogP contribution < -0.4 is 9.62 Å². The number of nitrogens with one attached hydrogen (secondary N) is 1. The number of rotatable bonds is 9. The van der Waals surface area contributed by atoms with Gasteiger partial charge in [0.15, 0.2) is 0 Å². The summed E-state index contributed by atoms with van der Waals surface area (Å²) in [5.41, 5.74) is 0.783. The highest BCUT2D eigenvalue weighted by Crippen LogP contribution is 2.25. The van der Waals surface area contributed by atoms with Crippen LogP contribution in [0.2, 0.25) is 5.02 Å². The summed E-state index contributed by atoms with van der Waals surface area (Å²) in [6.07, 6.45) is 5.78. The van der Waals surface area contributed by atoms with Crippen LogP contribution in [-0.4, -0.2) is 51.9 Å². The molecule has 8 heteroatoms. The third-order valence-electron chi connectivity index (χ3n) is 6.02. The number of hydrogen-bond donors (Lipinski definition) is 1. The van der Waals surface area contributed by atoms with Crippen molar-refractivity contribution in [1.82, 2.24) is 10.2 Å². The van der Waals surface area contributed by atoms with E-state index < -0.39 is 10.0 Å². The summed E-state index contributed by atoms with van der Waals surface area (Å²) < 4.78 is 27.2. The summed E-state index contributed by atoms with van der Waals surface area (Å²) in [5, 5.41) is 3.36. The number of sulfonamides is 1. The zero-order chi connectivity index (χ0) is 23.1. The Morgan fingerprint density at radius 1 is 1.16 bits per heavy atom. The van der Waals surface area contributed by atoms with Crippen molar-refractivity contribution in [3.8, 4) is 0 Å². The number of likely N-dealkylation sites (tertiary alicyclic amines) is 1. The van der Waals surface area contributed by atoms with E-state index in [0.29, 0.717) is 28.9 Å². The Bertz CT molecular complexity index is 1030. The standard InChI is InChI=1S/C24H32ClN3O3S/c1-19-9-3-5-15-28(19)16-6-4-14-26-24(29)20-10-7-13-23(17-20)32(30,31)27(2)22-12-8-11-21(25)18-22/h7-8,10-13,17-19H,3-6,9,14-16H2,1-2H3,(H,26,29). The van der Waals surface area contributed by atoms with E-state index in [1.807, 2.05) is 0 Å². The zero-order valence-electron chi connectivity index (χ0n) is 18.8. The van der Waals surface area contributed by atoms with E-state index in [4.69, 9.17) is 11.6 Å². The van der Waals surface area contributed by atoms with Gasteiger partial charge in [0.05, 0.1) is 10.6 Å². The van der Waals surface area contributed by atoms with Gasteiger partial charge in [-0.05, 0) is 82.1 Å². The maximum Gasteiger partial charge on any atom is 0.264 e. The molecule has 1 N–H and O–H groups in total. The molecule has 0 radical (unpaired) electrons. The number of hydrogen-bond acceptors (Lipinski definition) is 4. The summed E-state index contributed by atoms with van der Waals surface area (Å²) in [4.78, 5) is 15.2. The third kappa shape index (κ3) is 6.24. The lowest BCUT2D eigenvalue weighted by atomic mass is 10.0. The lowest BCUT2D eigenvalue weighted by Gasteiger charge is -2.33. The van der Waals surface area contributed by atoms with E-state index in [9.17, 15) is 13.2 Å².